The van der Waals surface area contributed by atoms with Crippen molar-refractivity contribution < 1.29 is 23.9 Å². The number of hydrogen-bond donors (Lipinski definition) is 1. The molecule has 3 rings (SSSR count). The molecule has 1 amide bonds. The summed E-state index contributed by atoms with van der Waals surface area (Å²) in [7, 11) is 2.50. The van der Waals surface area contributed by atoms with Gasteiger partial charge in [0.2, 0.25) is 5.91 Å². The quantitative estimate of drug-likeness (QED) is 0.312. The highest BCUT2D eigenvalue weighted by atomic mass is 32.2. The number of amides is 1. The third-order valence-electron chi connectivity index (χ3n) is 5.08. The first-order chi connectivity index (χ1) is 16.7. The number of carbonyl (C=O) groups excluding carboxylic acids is 3. The minimum atomic E-state index is -0.634. The molecule has 2 aromatic heterocycles. The van der Waals surface area contributed by atoms with E-state index in [9.17, 15) is 14.4 Å². The van der Waals surface area contributed by atoms with E-state index in [0.29, 0.717) is 11.1 Å². The van der Waals surface area contributed by atoms with Crippen molar-refractivity contribution in [2.45, 2.75) is 44.8 Å². The number of thiophene rings is 1. The maximum absolute atomic E-state index is 12.8. The fourth-order valence-corrected chi connectivity index (χ4v) is 5.08. The molecule has 186 valence electrons. The minimum absolute atomic E-state index is 0.0226. The van der Waals surface area contributed by atoms with Gasteiger partial charge >= 0.3 is 11.9 Å². The molecule has 0 unspecified atom stereocenters. The molecule has 0 bridgehead atoms. The van der Waals surface area contributed by atoms with Crippen LogP contribution in [0.15, 0.2) is 34.8 Å². The summed E-state index contributed by atoms with van der Waals surface area (Å²) in [6.45, 7) is 8.37. The number of esters is 2. The summed E-state index contributed by atoms with van der Waals surface area (Å²) in [4.78, 5) is 38.1. The Morgan fingerprint density at radius 2 is 1.77 bits per heavy atom. The van der Waals surface area contributed by atoms with Gasteiger partial charge in [-0.05, 0) is 44.0 Å². The average molecular weight is 517 g/mol. The van der Waals surface area contributed by atoms with Gasteiger partial charge < -0.3 is 14.8 Å². The lowest BCUT2D eigenvalue weighted by Gasteiger charge is -2.14. The van der Waals surface area contributed by atoms with Gasteiger partial charge in [0.25, 0.3) is 0 Å². The Morgan fingerprint density at radius 3 is 2.37 bits per heavy atom. The lowest BCUT2D eigenvalue weighted by molar-refractivity contribution is -0.113. The fourth-order valence-electron chi connectivity index (χ4n) is 3.31. The number of anilines is 1. The van der Waals surface area contributed by atoms with Gasteiger partial charge in [0, 0.05) is 21.9 Å². The first-order valence-electron chi connectivity index (χ1n) is 10.9. The zero-order valence-corrected chi connectivity index (χ0v) is 22.1. The highest BCUT2D eigenvalue weighted by Gasteiger charge is 2.21. The third kappa shape index (κ3) is 6.09. The highest BCUT2D eigenvalue weighted by Crippen LogP contribution is 2.33. The van der Waals surface area contributed by atoms with Crippen molar-refractivity contribution >= 4 is 46.6 Å². The summed E-state index contributed by atoms with van der Waals surface area (Å²) in [6.07, 6.45) is 0. The minimum Gasteiger partial charge on any atom is -0.465 e. The molecule has 0 saturated heterocycles. The van der Waals surface area contributed by atoms with Crippen molar-refractivity contribution in [3.63, 3.8) is 0 Å². The summed E-state index contributed by atoms with van der Waals surface area (Å²) in [6, 6.07) is 6.44. The Bertz CT molecular complexity index is 1230. The number of nitrogens with one attached hydrogen (secondary N) is 1. The van der Waals surface area contributed by atoms with E-state index >= 15 is 0 Å². The van der Waals surface area contributed by atoms with Gasteiger partial charge in [0.1, 0.15) is 0 Å². The lowest BCUT2D eigenvalue weighted by atomic mass is 10.1. The molecule has 0 saturated carbocycles. The Kier molecular flexibility index (Phi) is 8.68. The number of rotatable bonds is 9. The smallest absolute Gasteiger partial charge is 0.339 e. The number of thioether (sulfide) groups is 1. The van der Waals surface area contributed by atoms with Crippen LogP contribution in [0.25, 0.3) is 11.4 Å². The molecule has 0 fully saturated rings. The molecule has 9 nitrogen and oxygen atoms in total. The van der Waals surface area contributed by atoms with Crippen LogP contribution in [-0.4, -0.2) is 52.6 Å². The number of aromatic nitrogens is 3. The summed E-state index contributed by atoms with van der Waals surface area (Å²) in [5.74, 6) is -0.392. The summed E-state index contributed by atoms with van der Waals surface area (Å²) in [5, 5.41) is 14.1. The molecule has 1 aromatic carbocycles. The van der Waals surface area contributed by atoms with Crippen LogP contribution < -0.4 is 5.32 Å². The molecule has 0 atom stereocenters. The average Bonchev–Trinajstić information content (AvgIpc) is 3.49. The first-order valence-corrected chi connectivity index (χ1v) is 12.8. The predicted octanol–water partition coefficient (Wildman–Crippen LogP) is 5.01. The second-order valence-corrected chi connectivity index (χ2v) is 10.1. The van der Waals surface area contributed by atoms with E-state index in [1.54, 1.807) is 11.3 Å². The molecule has 0 aliphatic rings. The zero-order chi connectivity index (χ0) is 25.7. The molecule has 2 heterocycles. The standard InChI is InChI=1S/C24H28N4O5S2/c1-13(2)19-10-16(11-34-19)21-26-27-24(28(21)14(3)4)35-12-20(29)25-18-9-15(22(30)32-5)7-8-17(18)23(31)33-6/h7-11,13-14H,12H2,1-6H3,(H,25,29). The van der Waals surface area contributed by atoms with Gasteiger partial charge in [-0.15, -0.1) is 21.5 Å². The van der Waals surface area contributed by atoms with Crippen molar-refractivity contribution in [1.82, 2.24) is 14.8 Å². The van der Waals surface area contributed by atoms with Crippen LogP contribution >= 0.6 is 23.1 Å². The first kappa shape index (κ1) is 26.4. The number of benzene rings is 1. The van der Waals surface area contributed by atoms with Crippen LogP contribution in [0, 0.1) is 0 Å². The Hall–Kier alpha value is -3.18. The number of carbonyl (C=O) groups is 3. The molecule has 1 N–H and O–H groups in total. The topological polar surface area (TPSA) is 112 Å². The molecule has 0 spiro atoms. The van der Waals surface area contributed by atoms with Gasteiger partial charge in [-0.3, -0.25) is 9.36 Å². The van der Waals surface area contributed by atoms with Crippen LogP contribution in [0.5, 0.6) is 0 Å². The Balaban J connectivity index is 1.79. The predicted molar refractivity (Wildman–Crippen MR) is 136 cm³/mol. The van der Waals surface area contributed by atoms with Crippen molar-refractivity contribution in [2.75, 3.05) is 25.3 Å². The molecular weight excluding hydrogens is 488 g/mol. The SMILES string of the molecule is COC(=O)c1ccc(C(=O)OC)c(NC(=O)CSc2nnc(-c3csc(C(C)C)c3)n2C(C)C)c1. The lowest BCUT2D eigenvalue weighted by Crippen LogP contribution is -2.18. The normalized spacial score (nSPS) is 11.1. The molecule has 0 radical (unpaired) electrons. The maximum atomic E-state index is 12.8. The Labute approximate surface area is 212 Å². The van der Waals surface area contributed by atoms with Gasteiger partial charge in [-0.2, -0.15) is 0 Å². The monoisotopic (exact) mass is 516 g/mol. The number of nitrogens with zero attached hydrogens (tertiary/aromatic N) is 3. The van der Waals surface area contributed by atoms with Gasteiger partial charge in [-0.1, -0.05) is 25.6 Å². The molecule has 0 aliphatic carbocycles. The molecule has 35 heavy (non-hydrogen) atoms. The molecule has 11 heteroatoms. The van der Waals surface area contributed by atoms with E-state index in [4.69, 9.17) is 9.47 Å². The van der Waals surface area contributed by atoms with Crippen molar-refractivity contribution in [3.8, 4) is 11.4 Å². The maximum Gasteiger partial charge on any atom is 0.339 e. The fraction of sp³-hybridized carbons (Fsp3) is 0.375. The second kappa shape index (κ2) is 11.5. The van der Waals surface area contributed by atoms with Gasteiger partial charge in [0.15, 0.2) is 11.0 Å². The van der Waals surface area contributed by atoms with Crippen LogP contribution in [-0.2, 0) is 14.3 Å². The zero-order valence-electron chi connectivity index (χ0n) is 20.4. The molecular formula is C24H28N4O5S2. The highest BCUT2D eigenvalue weighted by molar-refractivity contribution is 7.99. The van der Waals surface area contributed by atoms with Crippen LogP contribution in [0.2, 0.25) is 0 Å². The van der Waals surface area contributed by atoms with Crippen LogP contribution in [0.3, 0.4) is 0 Å². The second-order valence-electron chi connectivity index (χ2n) is 8.24. The molecule has 0 aliphatic heterocycles. The van der Waals surface area contributed by atoms with Crippen LogP contribution in [0.1, 0.15) is 65.2 Å². The summed E-state index contributed by atoms with van der Waals surface area (Å²) < 4.78 is 11.5. The van der Waals surface area contributed by atoms with Crippen LogP contribution in [0.4, 0.5) is 5.69 Å². The van der Waals surface area contributed by atoms with E-state index in [-0.39, 0.29) is 34.5 Å². The van der Waals surface area contributed by atoms with E-state index < -0.39 is 11.9 Å². The number of methoxy groups -OCH3 is 2. The molecule has 3 aromatic rings. The van der Waals surface area contributed by atoms with Gasteiger partial charge in [0.05, 0.1) is 36.8 Å². The van der Waals surface area contributed by atoms with E-state index in [2.05, 4.69) is 40.8 Å². The summed E-state index contributed by atoms with van der Waals surface area (Å²) >= 11 is 2.93. The Morgan fingerprint density at radius 1 is 1.06 bits per heavy atom. The van der Waals surface area contributed by atoms with E-state index in [1.165, 1.54) is 49.1 Å². The van der Waals surface area contributed by atoms with Crippen molar-refractivity contribution in [2.24, 2.45) is 0 Å². The largest absolute Gasteiger partial charge is 0.465 e. The van der Waals surface area contributed by atoms with E-state index in [0.717, 1.165) is 11.4 Å². The van der Waals surface area contributed by atoms with E-state index in [1.807, 2.05) is 18.4 Å². The number of ether oxygens (including phenoxy) is 2. The van der Waals surface area contributed by atoms with Crippen molar-refractivity contribution in [1.29, 1.82) is 0 Å². The van der Waals surface area contributed by atoms with Gasteiger partial charge in [-0.25, -0.2) is 9.59 Å². The number of hydrogen-bond acceptors (Lipinski definition) is 9. The van der Waals surface area contributed by atoms with Crippen molar-refractivity contribution in [3.05, 3.63) is 45.6 Å². The summed E-state index contributed by atoms with van der Waals surface area (Å²) in [5.41, 5.74) is 1.49. The third-order valence-corrected chi connectivity index (χ3v) is 7.26.